The fourth-order valence-electron chi connectivity index (χ4n) is 1.43. The number of nitriles is 1. The summed E-state index contributed by atoms with van der Waals surface area (Å²) in [5, 5.41) is 12.3. The van der Waals surface area contributed by atoms with Crippen LogP contribution in [0.3, 0.4) is 0 Å². The van der Waals surface area contributed by atoms with Gasteiger partial charge in [-0.3, -0.25) is 0 Å². The minimum atomic E-state index is -0.505. The van der Waals surface area contributed by atoms with Gasteiger partial charge in [0.1, 0.15) is 12.4 Å². The Kier molecular flexibility index (Phi) is 4.35. The molecule has 0 atom stereocenters. The smallest absolute Gasteiger partial charge is 0.344 e. The fourth-order valence-corrected chi connectivity index (χ4v) is 1.43. The summed E-state index contributed by atoms with van der Waals surface area (Å²) < 4.78 is 14.9. The normalized spacial score (nSPS) is 9.80. The zero-order chi connectivity index (χ0) is 14.4. The highest BCUT2D eigenvalue weighted by atomic mass is 16.6. The Labute approximate surface area is 115 Å². The second-order valence-corrected chi connectivity index (χ2v) is 4.03. The third-order valence-electron chi connectivity index (χ3n) is 2.43. The van der Waals surface area contributed by atoms with Gasteiger partial charge >= 0.3 is 5.97 Å². The molecule has 1 heterocycles. The molecule has 20 heavy (non-hydrogen) atoms. The van der Waals surface area contributed by atoms with Gasteiger partial charge < -0.3 is 14.0 Å². The van der Waals surface area contributed by atoms with Crippen molar-refractivity contribution in [2.45, 2.75) is 13.5 Å². The Morgan fingerprint density at radius 3 is 2.75 bits per heavy atom. The molecule has 0 unspecified atom stereocenters. The number of aryl methyl sites for hydroxylation is 1. The van der Waals surface area contributed by atoms with Crippen LogP contribution in [0.25, 0.3) is 0 Å². The van der Waals surface area contributed by atoms with Crippen molar-refractivity contribution in [1.82, 2.24) is 5.16 Å². The molecule has 0 aliphatic rings. The summed E-state index contributed by atoms with van der Waals surface area (Å²) in [7, 11) is 0. The molecule has 0 aliphatic heterocycles. The Bertz CT molecular complexity index is 625. The molecule has 0 amide bonds. The average Bonchev–Trinajstić information content (AvgIpc) is 2.89. The van der Waals surface area contributed by atoms with Gasteiger partial charge in [-0.05, 0) is 29.8 Å². The molecule has 0 spiro atoms. The molecule has 0 bridgehead atoms. The molecule has 0 aliphatic carbocycles. The van der Waals surface area contributed by atoms with Gasteiger partial charge in [-0.25, -0.2) is 4.79 Å². The number of hydrogen-bond donors (Lipinski definition) is 0. The van der Waals surface area contributed by atoms with Gasteiger partial charge in [0.05, 0.1) is 11.6 Å². The first-order valence-corrected chi connectivity index (χ1v) is 5.88. The van der Waals surface area contributed by atoms with Gasteiger partial charge in [0.2, 0.25) is 0 Å². The van der Waals surface area contributed by atoms with E-state index in [4.69, 9.17) is 19.3 Å². The highest BCUT2D eigenvalue weighted by Gasteiger charge is 2.07. The third-order valence-corrected chi connectivity index (χ3v) is 2.43. The zero-order valence-electron chi connectivity index (χ0n) is 10.8. The topological polar surface area (TPSA) is 85.4 Å². The number of benzene rings is 1. The predicted molar refractivity (Wildman–Crippen MR) is 67.7 cm³/mol. The van der Waals surface area contributed by atoms with Crippen LogP contribution in [0.1, 0.15) is 16.9 Å². The fraction of sp³-hybridized carbons (Fsp3) is 0.214. The van der Waals surface area contributed by atoms with Crippen LogP contribution in [0.2, 0.25) is 0 Å². The highest BCUT2D eigenvalue weighted by molar-refractivity contribution is 5.71. The quantitative estimate of drug-likeness (QED) is 0.773. The van der Waals surface area contributed by atoms with Crippen molar-refractivity contribution in [1.29, 1.82) is 5.26 Å². The van der Waals surface area contributed by atoms with Crippen molar-refractivity contribution in [3.63, 3.8) is 0 Å². The Morgan fingerprint density at radius 2 is 2.15 bits per heavy atom. The van der Waals surface area contributed by atoms with Crippen molar-refractivity contribution >= 4 is 5.97 Å². The van der Waals surface area contributed by atoms with E-state index in [9.17, 15) is 4.79 Å². The number of hydrogen-bond acceptors (Lipinski definition) is 6. The van der Waals surface area contributed by atoms with E-state index in [2.05, 4.69) is 5.16 Å². The molecule has 0 radical (unpaired) electrons. The van der Waals surface area contributed by atoms with Gasteiger partial charge in [0, 0.05) is 6.07 Å². The zero-order valence-corrected chi connectivity index (χ0v) is 10.8. The SMILES string of the molecule is Cc1cc(OCC(=O)OCc2ccc(C#N)cc2)no1. The summed E-state index contributed by atoms with van der Waals surface area (Å²) in [6.45, 7) is 1.62. The Balaban J connectivity index is 1.75. The molecule has 1 aromatic heterocycles. The first-order chi connectivity index (χ1) is 9.67. The summed E-state index contributed by atoms with van der Waals surface area (Å²) in [5.74, 6) is 0.346. The lowest BCUT2D eigenvalue weighted by Gasteiger charge is -2.05. The van der Waals surface area contributed by atoms with E-state index in [1.54, 1.807) is 37.3 Å². The molecule has 0 saturated heterocycles. The van der Waals surface area contributed by atoms with Crippen molar-refractivity contribution in [3.8, 4) is 11.9 Å². The molecular formula is C14H12N2O4. The maximum absolute atomic E-state index is 11.5. The van der Waals surface area contributed by atoms with Crippen LogP contribution < -0.4 is 4.74 Å². The van der Waals surface area contributed by atoms with Gasteiger partial charge in [0.15, 0.2) is 6.61 Å². The maximum Gasteiger partial charge on any atom is 0.344 e. The van der Waals surface area contributed by atoms with Gasteiger partial charge in [-0.1, -0.05) is 12.1 Å². The van der Waals surface area contributed by atoms with Gasteiger partial charge in [-0.2, -0.15) is 5.26 Å². The van der Waals surface area contributed by atoms with Crippen molar-refractivity contribution in [2.75, 3.05) is 6.61 Å². The van der Waals surface area contributed by atoms with E-state index in [1.165, 1.54) is 0 Å². The van der Waals surface area contributed by atoms with Crippen molar-refractivity contribution in [2.24, 2.45) is 0 Å². The molecule has 6 heteroatoms. The van der Waals surface area contributed by atoms with E-state index in [1.807, 2.05) is 6.07 Å². The van der Waals surface area contributed by atoms with Crippen LogP contribution in [0.15, 0.2) is 34.9 Å². The Morgan fingerprint density at radius 1 is 1.40 bits per heavy atom. The molecule has 102 valence electrons. The van der Waals surface area contributed by atoms with Crippen LogP contribution in [0.5, 0.6) is 5.88 Å². The number of rotatable bonds is 5. The molecule has 0 fully saturated rings. The summed E-state index contributed by atoms with van der Waals surface area (Å²) in [6.07, 6.45) is 0. The minimum absolute atomic E-state index is 0.131. The van der Waals surface area contributed by atoms with Crippen molar-refractivity contribution in [3.05, 3.63) is 47.2 Å². The second kappa shape index (κ2) is 6.38. The molecule has 1 aromatic carbocycles. The Hall–Kier alpha value is -2.81. The van der Waals surface area contributed by atoms with Crippen LogP contribution in [0.4, 0.5) is 0 Å². The summed E-state index contributed by atoms with van der Waals surface area (Å²) in [4.78, 5) is 11.5. The van der Waals surface area contributed by atoms with Gasteiger partial charge in [-0.15, -0.1) is 0 Å². The lowest BCUT2D eigenvalue weighted by atomic mass is 10.2. The number of aromatic nitrogens is 1. The van der Waals surface area contributed by atoms with Gasteiger partial charge in [0.25, 0.3) is 5.88 Å². The number of carbonyl (C=O) groups is 1. The molecule has 0 saturated carbocycles. The molecule has 6 nitrogen and oxygen atoms in total. The monoisotopic (exact) mass is 272 g/mol. The molecule has 2 aromatic rings. The minimum Gasteiger partial charge on any atom is -0.463 e. The van der Waals surface area contributed by atoms with Crippen LogP contribution in [-0.2, 0) is 16.1 Å². The molecule has 2 rings (SSSR count). The maximum atomic E-state index is 11.5. The van der Waals surface area contributed by atoms with Crippen LogP contribution in [0, 0.1) is 18.3 Å². The third kappa shape index (κ3) is 3.85. The molecular weight excluding hydrogens is 260 g/mol. The first kappa shape index (κ1) is 13.6. The van der Waals surface area contributed by atoms with E-state index in [0.29, 0.717) is 11.3 Å². The first-order valence-electron chi connectivity index (χ1n) is 5.88. The van der Waals surface area contributed by atoms with E-state index < -0.39 is 5.97 Å². The number of carbonyl (C=O) groups excluding carboxylic acids is 1. The average molecular weight is 272 g/mol. The molecule has 0 N–H and O–H groups in total. The lowest BCUT2D eigenvalue weighted by Crippen LogP contribution is -2.14. The summed E-state index contributed by atoms with van der Waals surface area (Å²) >= 11 is 0. The number of nitrogens with zero attached hydrogens (tertiary/aromatic N) is 2. The van der Waals surface area contributed by atoms with Crippen LogP contribution in [-0.4, -0.2) is 17.7 Å². The number of ether oxygens (including phenoxy) is 2. The van der Waals surface area contributed by atoms with Crippen LogP contribution >= 0.6 is 0 Å². The largest absolute Gasteiger partial charge is 0.463 e. The summed E-state index contributed by atoms with van der Waals surface area (Å²) in [6, 6.07) is 10.4. The highest BCUT2D eigenvalue weighted by Crippen LogP contribution is 2.10. The summed E-state index contributed by atoms with van der Waals surface area (Å²) in [5.41, 5.74) is 1.36. The van der Waals surface area contributed by atoms with Crippen molar-refractivity contribution < 1.29 is 18.8 Å². The standard InChI is InChI=1S/C14H12N2O4/c1-10-6-13(16-20-10)18-9-14(17)19-8-12-4-2-11(7-15)3-5-12/h2-6H,8-9H2,1H3. The number of esters is 1. The van der Waals surface area contributed by atoms with E-state index in [0.717, 1.165) is 5.56 Å². The second-order valence-electron chi connectivity index (χ2n) is 4.03. The van der Waals surface area contributed by atoms with E-state index >= 15 is 0 Å². The predicted octanol–water partition coefficient (Wildman–Crippen LogP) is 1.98. The van der Waals surface area contributed by atoms with E-state index in [-0.39, 0.29) is 19.1 Å². The lowest BCUT2D eigenvalue weighted by molar-refractivity contribution is -0.147.